The minimum atomic E-state index is -0.480. The number of fused-ring (bicyclic) bond motifs is 1. The number of carbonyl (C=O) groups excluding carboxylic acids is 3. The lowest BCUT2D eigenvalue weighted by atomic mass is 9.91. The molecule has 6 heteroatoms. The van der Waals surface area contributed by atoms with Crippen molar-refractivity contribution in [1.29, 1.82) is 0 Å². The van der Waals surface area contributed by atoms with Crippen LogP contribution >= 0.6 is 0 Å². The van der Waals surface area contributed by atoms with Gasteiger partial charge in [-0.25, -0.2) is 0 Å². The molecule has 1 saturated heterocycles. The molecule has 1 aliphatic carbocycles. The highest BCUT2D eigenvalue weighted by molar-refractivity contribution is 5.93. The van der Waals surface area contributed by atoms with Crippen LogP contribution in [0.25, 0.3) is 0 Å². The summed E-state index contributed by atoms with van der Waals surface area (Å²) in [5, 5.41) is 6.19. The van der Waals surface area contributed by atoms with Crippen molar-refractivity contribution in [3.8, 4) is 0 Å². The first kappa shape index (κ1) is 31.2. The average Bonchev–Trinajstić information content (AvgIpc) is 3.62. The topological polar surface area (TPSA) is 78.5 Å². The third-order valence-corrected chi connectivity index (χ3v) is 7.33. The van der Waals surface area contributed by atoms with Crippen LogP contribution in [0.4, 0.5) is 0 Å². The van der Waals surface area contributed by atoms with Crippen molar-refractivity contribution in [2.45, 2.75) is 91.3 Å². The molecule has 0 bridgehead atoms. The van der Waals surface area contributed by atoms with E-state index in [4.69, 9.17) is 0 Å². The highest BCUT2D eigenvalue weighted by Gasteiger charge is 2.39. The molecule has 2 amide bonds. The van der Waals surface area contributed by atoms with Gasteiger partial charge < -0.3 is 15.5 Å². The SMILES string of the molecule is CC.CC.CN[C@@H](C)C(=O)C[C@@H](Cc1ccccc1)C(=O)N1CCCC1C(=O)NC1CCc2ccccc21. The number of amides is 2. The molecule has 2 aromatic carbocycles. The number of Topliss-reactive ketones (excluding diaryl/α,β-unsaturated/α-hetero) is 1. The van der Waals surface area contributed by atoms with Crippen LogP contribution < -0.4 is 10.6 Å². The summed E-state index contributed by atoms with van der Waals surface area (Å²) in [5.41, 5.74) is 3.49. The molecular weight excluding hydrogens is 474 g/mol. The molecule has 4 rings (SSSR count). The van der Waals surface area contributed by atoms with Gasteiger partial charge in [0.2, 0.25) is 11.8 Å². The van der Waals surface area contributed by atoms with Crippen molar-refractivity contribution in [2.75, 3.05) is 13.6 Å². The zero-order valence-electron chi connectivity index (χ0n) is 24.1. The van der Waals surface area contributed by atoms with Crippen molar-refractivity contribution in [1.82, 2.24) is 15.5 Å². The lowest BCUT2D eigenvalue weighted by Crippen LogP contribution is -2.49. The second-order valence-electron chi connectivity index (χ2n) is 9.56. The van der Waals surface area contributed by atoms with Gasteiger partial charge in [0, 0.05) is 18.9 Å². The van der Waals surface area contributed by atoms with Crippen LogP contribution in [0.5, 0.6) is 0 Å². The summed E-state index contributed by atoms with van der Waals surface area (Å²) in [5.74, 6) is -0.642. The van der Waals surface area contributed by atoms with Gasteiger partial charge in [-0.3, -0.25) is 14.4 Å². The van der Waals surface area contributed by atoms with Crippen LogP contribution in [0.2, 0.25) is 0 Å². The molecule has 2 aromatic rings. The number of nitrogens with zero attached hydrogens (tertiary/aromatic N) is 1. The Balaban J connectivity index is 0.00000121. The van der Waals surface area contributed by atoms with E-state index in [0.29, 0.717) is 19.4 Å². The lowest BCUT2D eigenvalue weighted by molar-refractivity contribution is -0.143. The third-order valence-electron chi connectivity index (χ3n) is 7.33. The van der Waals surface area contributed by atoms with Gasteiger partial charge in [0.25, 0.3) is 0 Å². The molecular formula is C32H47N3O3. The number of carbonyl (C=O) groups is 3. The first-order valence-corrected chi connectivity index (χ1v) is 14.4. The predicted octanol–water partition coefficient (Wildman–Crippen LogP) is 5.26. The predicted molar refractivity (Wildman–Crippen MR) is 155 cm³/mol. The summed E-state index contributed by atoms with van der Waals surface area (Å²) in [6.45, 7) is 10.4. The maximum Gasteiger partial charge on any atom is 0.243 e. The third kappa shape index (κ3) is 8.00. The van der Waals surface area contributed by atoms with Gasteiger partial charge in [0.1, 0.15) is 11.8 Å². The van der Waals surface area contributed by atoms with E-state index in [1.165, 1.54) is 11.1 Å². The number of benzene rings is 2. The summed E-state index contributed by atoms with van der Waals surface area (Å²) in [4.78, 5) is 41.5. The molecule has 38 heavy (non-hydrogen) atoms. The fourth-order valence-corrected chi connectivity index (χ4v) is 5.24. The Labute approximate surface area is 229 Å². The fourth-order valence-electron chi connectivity index (χ4n) is 5.24. The number of ketones is 1. The Morgan fingerprint density at radius 3 is 2.29 bits per heavy atom. The number of rotatable bonds is 9. The van der Waals surface area contributed by atoms with Gasteiger partial charge in [-0.1, -0.05) is 82.3 Å². The molecule has 2 aliphatic rings. The summed E-state index contributed by atoms with van der Waals surface area (Å²) in [6, 6.07) is 17.2. The lowest BCUT2D eigenvalue weighted by Gasteiger charge is -2.29. The van der Waals surface area contributed by atoms with Gasteiger partial charge in [0.05, 0.1) is 12.1 Å². The minimum Gasteiger partial charge on any atom is -0.347 e. The monoisotopic (exact) mass is 521 g/mol. The molecule has 208 valence electrons. The second-order valence-corrected chi connectivity index (χ2v) is 9.56. The average molecular weight is 522 g/mol. The van der Waals surface area contributed by atoms with Gasteiger partial charge in [-0.15, -0.1) is 0 Å². The Morgan fingerprint density at radius 2 is 1.61 bits per heavy atom. The van der Waals surface area contributed by atoms with Crippen LogP contribution in [0, 0.1) is 5.92 Å². The van der Waals surface area contributed by atoms with E-state index >= 15 is 0 Å². The van der Waals surface area contributed by atoms with Gasteiger partial charge >= 0.3 is 0 Å². The normalized spacial score (nSPS) is 19.2. The van der Waals surface area contributed by atoms with E-state index in [1.807, 2.05) is 77.1 Å². The highest BCUT2D eigenvalue weighted by atomic mass is 16.2. The smallest absolute Gasteiger partial charge is 0.243 e. The van der Waals surface area contributed by atoms with Crippen LogP contribution in [0.15, 0.2) is 54.6 Å². The Kier molecular flexibility index (Phi) is 13.2. The number of nitrogens with one attached hydrogen (secondary N) is 2. The van der Waals surface area contributed by atoms with Gasteiger partial charge in [-0.05, 0) is 62.8 Å². The van der Waals surface area contributed by atoms with Crippen molar-refractivity contribution in [3.63, 3.8) is 0 Å². The summed E-state index contributed by atoms with van der Waals surface area (Å²) >= 11 is 0. The number of hydrogen-bond acceptors (Lipinski definition) is 4. The molecule has 1 heterocycles. The first-order chi connectivity index (χ1) is 18.5. The van der Waals surface area contributed by atoms with E-state index in [2.05, 4.69) is 22.8 Å². The molecule has 6 nitrogen and oxygen atoms in total. The molecule has 1 fully saturated rings. The van der Waals surface area contributed by atoms with Gasteiger partial charge in [0.15, 0.2) is 0 Å². The Bertz CT molecular complexity index is 1020. The number of hydrogen-bond donors (Lipinski definition) is 2. The second kappa shape index (κ2) is 16.1. The maximum atomic E-state index is 13.7. The number of likely N-dealkylation sites (N-methyl/N-ethyl adjacent to an activating group) is 1. The molecule has 4 atom stereocenters. The van der Waals surface area contributed by atoms with E-state index < -0.39 is 12.0 Å². The highest BCUT2D eigenvalue weighted by Crippen LogP contribution is 2.32. The Hall–Kier alpha value is -2.99. The molecule has 0 saturated carbocycles. The molecule has 0 radical (unpaired) electrons. The van der Waals surface area contributed by atoms with Crippen molar-refractivity contribution in [2.24, 2.45) is 5.92 Å². The zero-order valence-corrected chi connectivity index (χ0v) is 24.1. The maximum absolute atomic E-state index is 13.7. The van der Waals surface area contributed by atoms with E-state index in [-0.39, 0.29) is 36.1 Å². The molecule has 0 spiro atoms. The van der Waals surface area contributed by atoms with Crippen molar-refractivity contribution in [3.05, 3.63) is 71.3 Å². The summed E-state index contributed by atoms with van der Waals surface area (Å²) < 4.78 is 0. The van der Waals surface area contributed by atoms with Crippen molar-refractivity contribution >= 4 is 17.6 Å². The number of aryl methyl sites for hydroxylation is 1. The summed E-state index contributed by atoms with van der Waals surface area (Å²) in [7, 11) is 1.75. The van der Waals surface area contributed by atoms with E-state index in [0.717, 1.165) is 24.8 Å². The molecule has 2 N–H and O–H groups in total. The largest absolute Gasteiger partial charge is 0.347 e. The Morgan fingerprint density at radius 1 is 0.947 bits per heavy atom. The van der Waals surface area contributed by atoms with Crippen molar-refractivity contribution < 1.29 is 14.4 Å². The van der Waals surface area contributed by atoms with E-state index in [1.54, 1.807) is 11.9 Å². The number of likely N-dealkylation sites (tertiary alicyclic amines) is 1. The van der Waals surface area contributed by atoms with Crippen LogP contribution in [-0.4, -0.2) is 48.2 Å². The zero-order chi connectivity index (χ0) is 28.1. The van der Waals surface area contributed by atoms with E-state index in [9.17, 15) is 14.4 Å². The quantitative estimate of drug-likeness (QED) is 0.472. The van der Waals surface area contributed by atoms with Crippen LogP contribution in [0.3, 0.4) is 0 Å². The molecule has 0 aromatic heterocycles. The molecule has 1 aliphatic heterocycles. The van der Waals surface area contributed by atoms with Crippen LogP contribution in [-0.2, 0) is 27.2 Å². The standard InChI is InChI=1S/C28H35N3O3.2C2H6/c1-19(29-2)26(32)18-22(17-20-9-4-3-5-10-20)28(34)31-16-8-13-25(31)27(33)30-24-15-14-21-11-6-7-12-23(21)24;2*1-2/h3-7,9-12,19,22,24-25,29H,8,13-18H2,1-2H3,(H,30,33);2*1-2H3/t19-,22+,24?,25?;;/m0../s1. The molecule has 2 unspecified atom stereocenters. The first-order valence-electron chi connectivity index (χ1n) is 14.4. The van der Waals surface area contributed by atoms with Gasteiger partial charge in [-0.2, -0.15) is 0 Å². The van der Waals surface area contributed by atoms with Crippen LogP contribution in [0.1, 0.15) is 83.0 Å². The fraction of sp³-hybridized carbons (Fsp3) is 0.531. The minimum absolute atomic E-state index is 0.000534. The summed E-state index contributed by atoms with van der Waals surface area (Å²) in [6.07, 6.45) is 3.95.